The number of aromatic nitrogens is 2. The van der Waals surface area contributed by atoms with Crippen LogP contribution >= 0.6 is 0 Å². The predicted molar refractivity (Wildman–Crippen MR) is 95.9 cm³/mol. The standard InChI is InChI=1S/C18H17N3O4S/c1-13-3-9-16(10-4-13)26(23,24)20-18(22)17-11-12-21(19-17)14-5-7-15(25-2)8-6-14/h3-12H,1-2H3,(H,20,22). The molecule has 1 heterocycles. The monoisotopic (exact) mass is 371 g/mol. The van der Waals surface area contributed by atoms with Crippen LogP contribution in [0.2, 0.25) is 0 Å². The number of methoxy groups -OCH3 is 1. The number of carbonyl (C=O) groups is 1. The molecule has 2 aromatic carbocycles. The third kappa shape index (κ3) is 3.75. The van der Waals surface area contributed by atoms with Gasteiger partial charge < -0.3 is 4.74 Å². The Morgan fingerprint density at radius 1 is 1.04 bits per heavy atom. The van der Waals surface area contributed by atoms with Gasteiger partial charge in [0.1, 0.15) is 5.75 Å². The van der Waals surface area contributed by atoms with Gasteiger partial charge in [-0.3, -0.25) is 4.79 Å². The molecule has 3 rings (SSSR count). The fraction of sp³-hybridized carbons (Fsp3) is 0.111. The van der Waals surface area contributed by atoms with E-state index in [9.17, 15) is 13.2 Å². The molecule has 0 saturated heterocycles. The van der Waals surface area contributed by atoms with Gasteiger partial charge in [0.2, 0.25) is 0 Å². The van der Waals surface area contributed by atoms with E-state index in [0.29, 0.717) is 11.4 Å². The molecule has 7 nitrogen and oxygen atoms in total. The molecule has 0 spiro atoms. The number of amides is 1. The van der Waals surface area contributed by atoms with E-state index in [4.69, 9.17) is 4.74 Å². The van der Waals surface area contributed by atoms with Gasteiger partial charge in [0, 0.05) is 6.20 Å². The molecule has 0 radical (unpaired) electrons. The van der Waals surface area contributed by atoms with Crippen molar-refractivity contribution in [2.24, 2.45) is 0 Å². The Hall–Kier alpha value is -3.13. The number of ether oxygens (including phenoxy) is 1. The Labute approximate surface area is 151 Å². The number of benzene rings is 2. The SMILES string of the molecule is COc1ccc(-n2ccc(C(=O)NS(=O)(=O)c3ccc(C)cc3)n2)cc1. The van der Waals surface area contributed by atoms with Crippen molar-refractivity contribution >= 4 is 15.9 Å². The van der Waals surface area contributed by atoms with Gasteiger partial charge >= 0.3 is 0 Å². The number of nitrogens with zero attached hydrogens (tertiary/aromatic N) is 2. The lowest BCUT2D eigenvalue weighted by Gasteiger charge is -2.06. The molecule has 0 aliphatic carbocycles. The molecule has 0 saturated carbocycles. The van der Waals surface area contributed by atoms with E-state index >= 15 is 0 Å². The molecule has 1 aromatic heterocycles. The van der Waals surface area contributed by atoms with Crippen LogP contribution < -0.4 is 9.46 Å². The molecule has 1 N–H and O–H groups in total. The van der Waals surface area contributed by atoms with E-state index in [1.54, 1.807) is 49.7 Å². The third-order valence-corrected chi connectivity index (χ3v) is 5.06. The lowest BCUT2D eigenvalue weighted by atomic mass is 10.2. The van der Waals surface area contributed by atoms with Crippen molar-refractivity contribution < 1.29 is 17.9 Å². The van der Waals surface area contributed by atoms with Gasteiger partial charge in [-0.2, -0.15) is 5.10 Å². The fourth-order valence-electron chi connectivity index (χ4n) is 2.27. The van der Waals surface area contributed by atoms with Crippen molar-refractivity contribution in [3.05, 3.63) is 72.1 Å². The largest absolute Gasteiger partial charge is 0.497 e. The average Bonchev–Trinajstić information content (AvgIpc) is 3.12. The summed E-state index contributed by atoms with van der Waals surface area (Å²) in [6.45, 7) is 1.85. The summed E-state index contributed by atoms with van der Waals surface area (Å²) in [6, 6.07) is 14.7. The van der Waals surface area contributed by atoms with E-state index in [1.165, 1.54) is 22.9 Å². The van der Waals surface area contributed by atoms with Crippen molar-refractivity contribution in [2.45, 2.75) is 11.8 Å². The number of sulfonamides is 1. The quantitative estimate of drug-likeness (QED) is 0.743. The van der Waals surface area contributed by atoms with Crippen LogP contribution in [-0.2, 0) is 10.0 Å². The Morgan fingerprint density at radius 2 is 1.69 bits per heavy atom. The summed E-state index contributed by atoms with van der Waals surface area (Å²) >= 11 is 0. The molecule has 0 fully saturated rings. The van der Waals surface area contributed by atoms with Gasteiger partial charge in [-0.25, -0.2) is 17.8 Å². The van der Waals surface area contributed by atoms with Crippen LogP contribution in [0.5, 0.6) is 5.75 Å². The van der Waals surface area contributed by atoms with Crippen molar-refractivity contribution in [1.29, 1.82) is 0 Å². The van der Waals surface area contributed by atoms with Gasteiger partial charge in [-0.05, 0) is 49.4 Å². The highest BCUT2D eigenvalue weighted by molar-refractivity contribution is 7.90. The summed E-state index contributed by atoms with van der Waals surface area (Å²) < 4.78 is 33.2. The highest BCUT2D eigenvalue weighted by Crippen LogP contribution is 2.15. The maximum absolute atomic E-state index is 12.3. The molecule has 0 unspecified atom stereocenters. The van der Waals surface area contributed by atoms with Gasteiger partial charge in [-0.15, -0.1) is 0 Å². The molecule has 0 aliphatic heterocycles. The van der Waals surface area contributed by atoms with Crippen LogP contribution in [0.1, 0.15) is 16.1 Å². The van der Waals surface area contributed by atoms with E-state index in [-0.39, 0.29) is 10.6 Å². The first kappa shape index (κ1) is 17.7. The molecular formula is C18H17N3O4S. The first-order valence-corrected chi connectivity index (χ1v) is 9.21. The second-order valence-electron chi connectivity index (χ2n) is 5.59. The summed E-state index contributed by atoms with van der Waals surface area (Å²) in [6.07, 6.45) is 1.58. The summed E-state index contributed by atoms with van der Waals surface area (Å²) in [5.41, 5.74) is 1.64. The molecular weight excluding hydrogens is 354 g/mol. The molecule has 0 aliphatic rings. The zero-order valence-electron chi connectivity index (χ0n) is 14.2. The highest BCUT2D eigenvalue weighted by Gasteiger charge is 2.20. The second kappa shape index (κ2) is 7.01. The smallest absolute Gasteiger partial charge is 0.285 e. The minimum Gasteiger partial charge on any atom is -0.497 e. The Kier molecular flexibility index (Phi) is 4.77. The van der Waals surface area contributed by atoms with Crippen LogP contribution in [0.15, 0.2) is 65.7 Å². The Bertz CT molecular complexity index is 1020. The first-order chi connectivity index (χ1) is 12.4. The van der Waals surface area contributed by atoms with E-state index < -0.39 is 15.9 Å². The van der Waals surface area contributed by atoms with E-state index in [1.807, 2.05) is 11.6 Å². The number of hydrogen-bond acceptors (Lipinski definition) is 5. The van der Waals surface area contributed by atoms with Crippen LogP contribution in [0.3, 0.4) is 0 Å². The van der Waals surface area contributed by atoms with Crippen molar-refractivity contribution in [3.8, 4) is 11.4 Å². The zero-order chi connectivity index (χ0) is 18.7. The minimum atomic E-state index is -3.95. The normalized spacial score (nSPS) is 11.2. The maximum atomic E-state index is 12.3. The van der Waals surface area contributed by atoms with Crippen LogP contribution in [-0.4, -0.2) is 31.2 Å². The Morgan fingerprint density at radius 3 is 2.31 bits per heavy atom. The molecule has 0 bridgehead atoms. The average molecular weight is 371 g/mol. The first-order valence-electron chi connectivity index (χ1n) is 7.73. The predicted octanol–water partition coefficient (Wildman–Crippen LogP) is 2.31. The number of hydrogen-bond donors (Lipinski definition) is 1. The molecule has 3 aromatic rings. The van der Waals surface area contributed by atoms with Crippen molar-refractivity contribution in [2.75, 3.05) is 7.11 Å². The van der Waals surface area contributed by atoms with Gasteiger partial charge in [0.05, 0.1) is 17.7 Å². The fourth-order valence-corrected chi connectivity index (χ4v) is 3.24. The maximum Gasteiger partial charge on any atom is 0.285 e. The number of aryl methyl sites for hydroxylation is 1. The summed E-state index contributed by atoms with van der Waals surface area (Å²) in [4.78, 5) is 12.3. The second-order valence-corrected chi connectivity index (χ2v) is 7.27. The van der Waals surface area contributed by atoms with Gasteiger partial charge in [0.15, 0.2) is 5.69 Å². The Balaban J connectivity index is 1.78. The lowest BCUT2D eigenvalue weighted by molar-refractivity contribution is 0.0976. The number of carbonyl (C=O) groups excluding carboxylic acids is 1. The van der Waals surface area contributed by atoms with Crippen molar-refractivity contribution in [3.63, 3.8) is 0 Å². The molecule has 8 heteroatoms. The summed E-state index contributed by atoms with van der Waals surface area (Å²) in [5.74, 6) is -0.0964. The highest BCUT2D eigenvalue weighted by atomic mass is 32.2. The van der Waals surface area contributed by atoms with E-state index in [0.717, 1.165) is 5.56 Å². The topological polar surface area (TPSA) is 90.3 Å². The van der Waals surface area contributed by atoms with Gasteiger partial charge in [0.25, 0.3) is 15.9 Å². The minimum absolute atomic E-state index is 0.00324. The summed E-state index contributed by atoms with van der Waals surface area (Å²) in [7, 11) is -2.38. The summed E-state index contributed by atoms with van der Waals surface area (Å²) in [5, 5.41) is 4.13. The molecule has 26 heavy (non-hydrogen) atoms. The lowest BCUT2D eigenvalue weighted by Crippen LogP contribution is -2.31. The number of rotatable bonds is 5. The van der Waals surface area contributed by atoms with E-state index in [2.05, 4.69) is 5.10 Å². The zero-order valence-corrected chi connectivity index (χ0v) is 15.0. The number of nitrogens with one attached hydrogen (secondary N) is 1. The third-order valence-electron chi connectivity index (χ3n) is 3.72. The van der Waals surface area contributed by atoms with Crippen LogP contribution in [0.4, 0.5) is 0 Å². The van der Waals surface area contributed by atoms with Crippen LogP contribution in [0, 0.1) is 6.92 Å². The molecule has 134 valence electrons. The molecule has 0 atom stereocenters. The van der Waals surface area contributed by atoms with Crippen molar-refractivity contribution in [1.82, 2.24) is 14.5 Å². The van der Waals surface area contributed by atoms with Crippen LogP contribution in [0.25, 0.3) is 5.69 Å². The molecule has 1 amide bonds. The van der Waals surface area contributed by atoms with Gasteiger partial charge in [-0.1, -0.05) is 17.7 Å².